The molecule has 1 aromatic rings. The van der Waals surface area contributed by atoms with E-state index in [0.717, 1.165) is 16.8 Å². The van der Waals surface area contributed by atoms with Gasteiger partial charge in [-0.25, -0.2) is 0 Å². The van der Waals surface area contributed by atoms with E-state index in [4.69, 9.17) is 23.2 Å². The van der Waals surface area contributed by atoms with Crippen molar-refractivity contribution in [1.29, 1.82) is 0 Å². The zero-order chi connectivity index (χ0) is 19.1. The van der Waals surface area contributed by atoms with Gasteiger partial charge in [0.15, 0.2) is 0 Å². The third-order valence-corrected chi connectivity index (χ3v) is 6.74. The molecular formula is C19H25Cl2N3O2. The molecule has 1 N–H and O–H groups in total. The van der Waals surface area contributed by atoms with E-state index in [1.807, 2.05) is 43.9 Å². The fraction of sp³-hybridized carbons (Fsp3) is 0.579. The molecule has 2 amide bonds. The molecule has 0 aromatic heterocycles. The molecule has 1 saturated carbocycles. The molecular weight excluding hydrogens is 373 g/mol. The normalized spacial score (nSPS) is 25.0. The predicted octanol–water partition coefficient (Wildman–Crippen LogP) is 2.97. The maximum absolute atomic E-state index is 12.6. The molecule has 0 radical (unpaired) electrons. The molecule has 2 fully saturated rings. The van der Waals surface area contributed by atoms with Crippen molar-refractivity contribution in [1.82, 2.24) is 9.80 Å². The van der Waals surface area contributed by atoms with Gasteiger partial charge in [-0.2, -0.15) is 0 Å². The molecule has 1 heterocycles. The second-order valence-corrected chi connectivity index (χ2v) is 9.06. The van der Waals surface area contributed by atoms with Gasteiger partial charge in [-0.05, 0) is 44.4 Å². The summed E-state index contributed by atoms with van der Waals surface area (Å²) < 4.78 is -0.938. The highest BCUT2D eigenvalue weighted by molar-refractivity contribution is 6.53. The first-order valence-electron chi connectivity index (χ1n) is 8.90. The van der Waals surface area contributed by atoms with Crippen LogP contribution in [0.4, 0.5) is 5.69 Å². The molecule has 0 spiro atoms. The van der Waals surface area contributed by atoms with Crippen LogP contribution in [0.25, 0.3) is 0 Å². The number of carbonyl (C=O) groups excluding carboxylic acids is 2. The lowest BCUT2D eigenvalue weighted by molar-refractivity contribution is -0.138. The van der Waals surface area contributed by atoms with Crippen LogP contribution in [0.15, 0.2) is 18.2 Å². The van der Waals surface area contributed by atoms with Crippen molar-refractivity contribution in [3.05, 3.63) is 29.3 Å². The number of hydrogen-bond donors (Lipinski definition) is 1. The fourth-order valence-electron chi connectivity index (χ4n) is 3.37. The Morgan fingerprint density at radius 2 is 1.77 bits per heavy atom. The fourth-order valence-corrected chi connectivity index (χ4v) is 4.07. The molecule has 3 rings (SSSR count). The minimum Gasteiger partial charge on any atom is -0.340 e. The van der Waals surface area contributed by atoms with Crippen molar-refractivity contribution < 1.29 is 9.59 Å². The largest absolute Gasteiger partial charge is 0.340 e. The number of aryl methyl sites for hydroxylation is 1. The summed E-state index contributed by atoms with van der Waals surface area (Å²) in [6, 6.07) is 5.88. The first kappa shape index (κ1) is 19.5. The minimum absolute atomic E-state index is 0.0157. The van der Waals surface area contributed by atoms with Gasteiger partial charge in [0, 0.05) is 31.9 Å². The number of hydrogen-bond acceptors (Lipinski definition) is 3. The number of amides is 2. The number of nitrogens with one attached hydrogen (secondary N) is 1. The van der Waals surface area contributed by atoms with Gasteiger partial charge < -0.3 is 10.2 Å². The Hall–Kier alpha value is -1.30. The van der Waals surface area contributed by atoms with E-state index in [0.29, 0.717) is 39.1 Å². The van der Waals surface area contributed by atoms with Gasteiger partial charge in [0.1, 0.15) is 4.33 Å². The standard InChI is InChI=1S/C19H25Cl2N3O2/c1-13-5-4-6-15(14(13)2)22-16(25)11-23-7-9-24(10-8-23)17(26)18(3)12-19(18,20)21/h4-6H,7-12H2,1-3H3,(H,22,25). The summed E-state index contributed by atoms with van der Waals surface area (Å²) in [5.41, 5.74) is 2.42. The van der Waals surface area contributed by atoms with Gasteiger partial charge >= 0.3 is 0 Å². The van der Waals surface area contributed by atoms with Gasteiger partial charge in [-0.3, -0.25) is 14.5 Å². The molecule has 142 valence electrons. The molecule has 5 nitrogen and oxygen atoms in total. The molecule has 1 aliphatic carbocycles. The van der Waals surface area contributed by atoms with Gasteiger partial charge in [0.05, 0.1) is 12.0 Å². The summed E-state index contributed by atoms with van der Waals surface area (Å²) in [4.78, 5) is 28.8. The van der Waals surface area contributed by atoms with Crippen LogP contribution in [-0.4, -0.2) is 58.7 Å². The number of piperazine rings is 1. The zero-order valence-corrected chi connectivity index (χ0v) is 17.0. The first-order valence-corrected chi connectivity index (χ1v) is 9.65. The Morgan fingerprint density at radius 1 is 1.15 bits per heavy atom. The summed E-state index contributed by atoms with van der Waals surface area (Å²) in [5.74, 6) is -0.0184. The van der Waals surface area contributed by atoms with E-state index in [2.05, 4.69) is 10.2 Å². The van der Waals surface area contributed by atoms with Crippen molar-refractivity contribution in [3.8, 4) is 0 Å². The van der Waals surface area contributed by atoms with Crippen molar-refractivity contribution >= 4 is 40.7 Å². The van der Waals surface area contributed by atoms with Crippen LogP contribution in [-0.2, 0) is 9.59 Å². The SMILES string of the molecule is Cc1cccc(NC(=O)CN2CCN(C(=O)C3(C)CC3(Cl)Cl)CC2)c1C. The maximum atomic E-state index is 12.6. The quantitative estimate of drug-likeness (QED) is 0.794. The summed E-state index contributed by atoms with van der Waals surface area (Å²) >= 11 is 12.2. The summed E-state index contributed by atoms with van der Waals surface area (Å²) in [7, 11) is 0. The number of halogens is 2. The van der Waals surface area contributed by atoms with E-state index in [1.54, 1.807) is 0 Å². The molecule has 1 atom stereocenters. The lowest BCUT2D eigenvalue weighted by Gasteiger charge is -2.36. The van der Waals surface area contributed by atoms with E-state index in [9.17, 15) is 9.59 Å². The lowest BCUT2D eigenvalue weighted by Crippen LogP contribution is -2.52. The molecule has 0 bridgehead atoms. The number of rotatable bonds is 4. The van der Waals surface area contributed by atoms with Crippen LogP contribution >= 0.6 is 23.2 Å². The lowest BCUT2D eigenvalue weighted by atomic mass is 10.1. The number of benzene rings is 1. The average molecular weight is 398 g/mol. The summed E-state index contributed by atoms with van der Waals surface area (Å²) in [5, 5.41) is 2.98. The summed E-state index contributed by atoms with van der Waals surface area (Å²) in [6.07, 6.45) is 0.500. The molecule has 26 heavy (non-hydrogen) atoms. The Morgan fingerprint density at radius 3 is 2.35 bits per heavy atom. The van der Waals surface area contributed by atoms with Crippen LogP contribution in [0, 0.1) is 19.3 Å². The van der Waals surface area contributed by atoms with Gasteiger partial charge in [-0.1, -0.05) is 12.1 Å². The molecule has 1 aromatic carbocycles. The van der Waals surface area contributed by atoms with Crippen LogP contribution in [0.3, 0.4) is 0 Å². The predicted molar refractivity (Wildman–Crippen MR) is 105 cm³/mol. The van der Waals surface area contributed by atoms with Crippen molar-refractivity contribution in [3.63, 3.8) is 0 Å². The third-order valence-electron chi connectivity index (χ3n) is 5.64. The Labute approximate surface area is 164 Å². The number of nitrogens with zero attached hydrogens (tertiary/aromatic N) is 2. The van der Waals surface area contributed by atoms with Crippen LogP contribution in [0.2, 0.25) is 0 Å². The van der Waals surface area contributed by atoms with Crippen molar-refractivity contribution in [2.24, 2.45) is 5.41 Å². The van der Waals surface area contributed by atoms with Gasteiger partial charge in [0.25, 0.3) is 0 Å². The maximum Gasteiger partial charge on any atom is 0.238 e. The molecule has 7 heteroatoms. The molecule has 1 saturated heterocycles. The molecule has 2 aliphatic rings. The highest BCUT2D eigenvalue weighted by Gasteiger charge is 2.68. The third kappa shape index (κ3) is 3.71. The van der Waals surface area contributed by atoms with E-state index in [1.165, 1.54) is 0 Å². The van der Waals surface area contributed by atoms with Crippen LogP contribution in [0.1, 0.15) is 24.5 Å². The van der Waals surface area contributed by atoms with Crippen LogP contribution in [0.5, 0.6) is 0 Å². The minimum atomic E-state index is -0.938. The van der Waals surface area contributed by atoms with Crippen molar-refractivity contribution in [2.75, 3.05) is 38.0 Å². The second kappa shape index (κ2) is 7.02. The van der Waals surface area contributed by atoms with Gasteiger partial charge in [0.2, 0.25) is 11.8 Å². The monoisotopic (exact) mass is 397 g/mol. The average Bonchev–Trinajstić information content (AvgIpc) is 3.11. The Kier molecular flexibility index (Phi) is 5.26. The Balaban J connectivity index is 1.49. The van der Waals surface area contributed by atoms with E-state index < -0.39 is 9.75 Å². The molecule has 1 unspecified atom stereocenters. The van der Waals surface area contributed by atoms with Crippen molar-refractivity contribution in [2.45, 2.75) is 31.5 Å². The number of carbonyl (C=O) groups is 2. The van der Waals surface area contributed by atoms with Crippen LogP contribution < -0.4 is 5.32 Å². The van der Waals surface area contributed by atoms with Gasteiger partial charge in [-0.15, -0.1) is 23.2 Å². The zero-order valence-electron chi connectivity index (χ0n) is 15.4. The first-order chi connectivity index (χ1) is 12.1. The number of alkyl halides is 2. The van der Waals surface area contributed by atoms with E-state index in [-0.39, 0.29) is 11.8 Å². The highest BCUT2D eigenvalue weighted by atomic mass is 35.5. The topological polar surface area (TPSA) is 52.7 Å². The highest BCUT2D eigenvalue weighted by Crippen LogP contribution is 2.64. The van der Waals surface area contributed by atoms with E-state index >= 15 is 0 Å². The number of anilines is 1. The Bertz CT molecular complexity index is 729. The summed E-state index contributed by atoms with van der Waals surface area (Å²) in [6.45, 7) is 8.68. The smallest absolute Gasteiger partial charge is 0.238 e. The molecule has 1 aliphatic heterocycles. The second-order valence-electron chi connectivity index (χ2n) is 7.58.